The molecule has 4 nitrogen and oxygen atoms in total. The molecule has 1 aliphatic rings. The van der Waals surface area contributed by atoms with Gasteiger partial charge in [0, 0.05) is 0 Å². The van der Waals surface area contributed by atoms with Gasteiger partial charge in [-0.1, -0.05) is 19.1 Å². The molecule has 2 rings (SSSR count). The van der Waals surface area contributed by atoms with Gasteiger partial charge in [-0.05, 0) is 24.1 Å². The van der Waals surface area contributed by atoms with E-state index in [2.05, 4.69) is 6.92 Å². The summed E-state index contributed by atoms with van der Waals surface area (Å²) >= 11 is 0. The zero-order valence-corrected chi connectivity index (χ0v) is 9.14. The summed E-state index contributed by atoms with van der Waals surface area (Å²) in [6.45, 7) is 2.05. The third-order valence-corrected chi connectivity index (χ3v) is 2.78. The zero-order valence-electron chi connectivity index (χ0n) is 9.14. The molecule has 1 fully saturated rings. The van der Waals surface area contributed by atoms with Crippen molar-refractivity contribution in [3.05, 3.63) is 29.8 Å². The Hall–Kier alpha value is -1.68. The number of nitrogens with two attached hydrogens (primary N) is 1. The number of rotatable bonds is 2. The number of nitrogens with zero attached hydrogens (tertiary/aromatic N) is 1. The highest BCUT2D eigenvalue weighted by molar-refractivity contribution is 6.22. The second kappa shape index (κ2) is 4.06. The van der Waals surface area contributed by atoms with E-state index in [1.807, 2.05) is 12.1 Å². The molecule has 0 bridgehead atoms. The quantitative estimate of drug-likeness (QED) is 0.748. The van der Waals surface area contributed by atoms with Gasteiger partial charge in [0.1, 0.15) is 0 Å². The Balaban J connectivity index is 2.30. The summed E-state index contributed by atoms with van der Waals surface area (Å²) in [6.07, 6.45) is 1.04. The molecule has 16 heavy (non-hydrogen) atoms. The molecule has 1 unspecified atom stereocenters. The minimum atomic E-state index is -0.682. The number of anilines is 1. The van der Waals surface area contributed by atoms with E-state index < -0.39 is 6.04 Å². The highest BCUT2D eigenvalue weighted by Gasteiger charge is 2.36. The van der Waals surface area contributed by atoms with Crippen molar-refractivity contribution in [1.29, 1.82) is 0 Å². The fraction of sp³-hybridized carbons (Fsp3) is 0.333. The van der Waals surface area contributed by atoms with E-state index in [1.54, 1.807) is 12.1 Å². The molecule has 0 aliphatic carbocycles. The van der Waals surface area contributed by atoms with Crippen LogP contribution in [0.15, 0.2) is 24.3 Å². The highest BCUT2D eigenvalue weighted by Crippen LogP contribution is 2.22. The summed E-state index contributed by atoms with van der Waals surface area (Å²) in [5, 5.41) is 0. The first-order valence-electron chi connectivity index (χ1n) is 5.34. The normalized spacial score (nSPS) is 20.6. The molecule has 0 saturated carbocycles. The molecule has 2 N–H and O–H groups in total. The first-order valence-corrected chi connectivity index (χ1v) is 5.34. The van der Waals surface area contributed by atoms with Crippen LogP contribution in [0.5, 0.6) is 0 Å². The van der Waals surface area contributed by atoms with Crippen molar-refractivity contribution in [2.45, 2.75) is 25.8 Å². The van der Waals surface area contributed by atoms with Crippen molar-refractivity contribution < 1.29 is 9.59 Å². The molecule has 0 radical (unpaired) electrons. The second-order valence-electron chi connectivity index (χ2n) is 3.90. The Morgan fingerprint density at radius 2 is 1.94 bits per heavy atom. The zero-order chi connectivity index (χ0) is 11.7. The molecule has 1 aromatic carbocycles. The summed E-state index contributed by atoms with van der Waals surface area (Å²) in [6, 6.07) is 6.72. The van der Waals surface area contributed by atoms with Gasteiger partial charge < -0.3 is 5.73 Å². The van der Waals surface area contributed by atoms with Gasteiger partial charge in [-0.15, -0.1) is 0 Å². The average molecular weight is 218 g/mol. The van der Waals surface area contributed by atoms with E-state index >= 15 is 0 Å². The maximum Gasteiger partial charge on any atom is 0.251 e. The molecule has 4 heteroatoms. The summed E-state index contributed by atoms with van der Waals surface area (Å²) in [5.74, 6) is -0.531. The molecular formula is C12H14N2O2. The summed E-state index contributed by atoms with van der Waals surface area (Å²) < 4.78 is 0. The van der Waals surface area contributed by atoms with Crippen LogP contribution < -0.4 is 10.6 Å². The number of imide groups is 1. The fourth-order valence-corrected chi connectivity index (χ4v) is 1.81. The van der Waals surface area contributed by atoms with Crippen LogP contribution in [0.1, 0.15) is 18.9 Å². The van der Waals surface area contributed by atoms with Crippen LogP contribution in [-0.4, -0.2) is 17.9 Å². The number of carbonyl (C=O) groups excluding carboxylic acids is 2. The molecule has 84 valence electrons. The maximum atomic E-state index is 11.7. The Labute approximate surface area is 94.0 Å². The van der Waals surface area contributed by atoms with Crippen LogP contribution in [-0.2, 0) is 16.0 Å². The molecule has 1 atom stereocenters. The predicted octanol–water partition coefficient (Wildman–Crippen LogP) is 0.840. The molecule has 0 spiro atoms. The Morgan fingerprint density at radius 1 is 1.31 bits per heavy atom. The average Bonchev–Trinajstić information content (AvgIpc) is 2.54. The van der Waals surface area contributed by atoms with E-state index in [4.69, 9.17) is 5.73 Å². The van der Waals surface area contributed by atoms with Gasteiger partial charge in [-0.3, -0.25) is 9.59 Å². The molecular weight excluding hydrogens is 204 g/mol. The van der Waals surface area contributed by atoms with Crippen LogP contribution in [0.2, 0.25) is 0 Å². The van der Waals surface area contributed by atoms with Gasteiger partial charge >= 0.3 is 0 Å². The minimum Gasteiger partial charge on any atom is -0.319 e. The van der Waals surface area contributed by atoms with E-state index in [9.17, 15) is 9.59 Å². The van der Waals surface area contributed by atoms with Crippen LogP contribution in [0, 0.1) is 0 Å². The largest absolute Gasteiger partial charge is 0.319 e. The highest BCUT2D eigenvalue weighted by atomic mass is 16.2. The standard InChI is InChI=1S/C12H14N2O2/c1-2-8-3-5-9(6-4-8)14-11(15)7-10(13)12(14)16/h3-6,10H,2,7,13H2,1H3. The number of hydrogen-bond donors (Lipinski definition) is 1. The fourth-order valence-electron chi connectivity index (χ4n) is 1.81. The third-order valence-electron chi connectivity index (χ3n) is 2.78. The van der Waals surface area contributed by atoms with Crippen LogP contribution in [0.3, 0.4) is 0 Å². The number of amides is 2. The lowest BCUT2D eigenvalue weighted by molar-refractivity contribution is -0.121. The van der Waals surface area contributed by atoms with Gasteiger partial charge in [-0.25, -0.2) is 4.90 Å². The van der Waals surface area contributed by atoms with Crippen LogP contribution >= 0.6 is 0 Å². The third kappa shape index (κ3) is 1.72. The Kier molecular flexibility index (Phi) is 2.75. The van der Waals surface area contributed by atoms with Crippen LogP contribution in [0.25, 0.3) is 0 Å². The SMILES string of the molecule is CCc1ccc(N2C(=O)CC(N)C2=O)cc1. The molecule has 2 amide bonds. The van der Waals surface area contributed by atoms with Crippen molar-refractivity contribution >= 4 is 17.5 Å². The van der Waals surface area contributed by atoms with Gasteiger partial charge in [0.25, 0.3) is 5.91 Å². The Morgan fingerprint density at radius 3 is 2.38 bits per heavy atom. The van der Waals surface area contributed by atoms with Crippen molar-refractivity contribution in [2.75, 3.05) is 4.90 Å². The van der Waals surface area contributed by atoms with Crippen molar-refractivity contribution in [2.24, 2.45) is 5.73 Å². The smallest absolute Gasteiger partial charge is 0.251 e. The number of hydrogen-bond acceptors (Lipinski definition) is 3. The predicted molar refractivity (Wildman–Crippen MR) is 60.9 cm³/mol. The minimum absolute atomic E-state index is 0.106. The monoisotopic (exact) mass is 218 g/mol. The molecule has 0 aromatic heterocycles. The topological polar surface area (TPSA) is 63.4 Å². The second-order valence-corrected chi connectivity index (χ2v) is 3.90. The first-order chi connectivity index (χ1) is 7.63. The van der Waals surface area contributed by atoms with Gasteiger partial charge in [-0.2, -0.15) is 0 Å². The first kappa shape index (κ1) is 10.8. The van der Waals surface area contributed by atoms with Gasteiger partial charge in [0.2, 0.25) is 5.91 Å². The molecule has 1 aliphatic heterocycles. The van der Waals surface area contributed by atoms with E-state index in [0.29, 0.717) is 5.69 Å². The van der Waals surface area contributed by atoms with Crippen molar-refractivity contribution in [3.8, 4) is 0 Å². The maximum absolute atomic E-state index is 11.7. The van der Waals surface area contributed by atoms with Gasteiger partial charge in [0.05, 0.1) is 18.2 Å². The summed E-state index contributed by atoms with van der Waals surface area (Å²) in [7, 11) is 0. The lowest BCUT2D eigenvalue weighted by Gasteiger charge is -2.14. The molecule has 1 saturated heterocycles. The number of benzene rings is 1. The van der Waals surface area contributed by atoms with Gasteiger partial charge in [0.15, 0.2) is 0 Å². The lowest BCUT2D eigenvalue weighted by atomic mass is 10.1. The molecule has 1 aromatic rings. The summed E-state index contributed by atoms with van der Waals surface area (Å²) in [5.41, 5.74) is 7.32. The van der Waals surface area contributed by atoms with E-state index in [-0.39, 0.29) is 18.2 Å². The van der Waals surface area contributed by atoms with Crippen LogP contribution in [0.4, 0.5) is 5.69 Å². The van der Waals surface area contributed by atoms with Crippen molar-refractivity contribution in [3.63, 3.8) is 0 Å². The Bertz CT molecular complexity index is 425. The van der Waals surface area contributed by atoms with Crippen molar-refractivity contribution in [1.82, 2.24) is 0 Å². The van der Waals surface area contributed by atoms with E-state index in [1.165, 1.54) is 10.5 Å². The van der Waals surface area contributed by atoms with E-state index in [0.717, 1.165) is 6.42 Å². The lowest BCUT2D eigenvalue weighted by Crippen LogP contribution is -2.35. The number of aryl methyl sites for hydroxylation is 1. The summed E-state index contributed by atoms with van der Waals surface area (Å²) in [4.78, 5) is 24.4. The molecule has 1 heterocycles. The number of carbonyl (C=O) groups is 2.